The van der Waals surface area contributed by atoms with Crippen molar-refractivity contribution in [1.29, 1.82) is 0 Å². The van der Waals surface area contributed by atoms with Gasteiger partial charge in [0, 0.05) is 6.61 Å². The van der Waals surface area contributed by atoms with Crippen LogP contribution >= 0.6 is 0 Å². The van der Waals surface area contributed by atoms with E-state index in [-0.39, 0.29) is 19.3 Å². The molecule has 1 atom stereocenters. The van der Waals surface area contributed by atoms with E-state index in [1.54, 1.807) is 0 Å². The Bertz CT molecular complexity index is 176. The van der Waals surface area contributed by atoms with E-state index in [9.17, 15) is 0 Å². The van der Waals surface area contributed by atoms with Crippen LogP contribution < -0.4 is 0 Å². The summed E-state index contributed by atoms with van der Waals surface area (Å²) in [7, 11) is 0. The summed E-state index contributed by atoms with van der Waals surface area (Å²) in [5, 5.41) is 26.4. The Balaban J connectivity index is 3.15. The number of hydrogen-bond donors (Lipinski definition) is 3. The van der Waals surface area contributed by atoms with Crippen molar-refractivity contribution in [2.45, 2.75) is 76.7 Å². The van der Waals surface area contributed by atoms with Gasteiger partial charge in [0.25, 0.3) is 0 Å². The summed E-state index contributed by atoms with van der Waals surface area (Å²) in [5.74, 6) is 0. The fourth-order valence-electron chi connectivity index (χ4n) is 2.34. The Morgan fingerprint density at radius 3 is 1.55 bits per heavy atom. The van der Waals surface area contributed by atoms with Crippen molar-refractivity contribution in [2.75, 3.05) is 26.4 Å². The standard InChI is InChI=1S/C16H34O4/c17-12-10-8-6-4-2-1-3-5-7-9-11-16(15-19)20-14-13-18/h16-19H,1-15H2. The summed E-state index contributed by atoms with van der Waals surface area (Å²) in [6, 6.07) is 0. The molecule has 20 heavy (non-hydrogen) atoms. The minimum atomic E-state index is -0.103. The molecular weight excluding hydrogens is 256 g/mol. The number of unbranched alkanes of at least 4 members (excludes halogenated alkanes) is 9. The Morgan fingerprint density at radius 1 is 0.600 bits per heavy atom. The highest BCUT2D eigenvalue weighted by Gasteiger charge is 2.06. The van der Waals surface area contributed by atoms with Crippen LogP contribution in [0.1, 0.15) is 70.6 Å². The number of rotatable bonds is 16. The lowest BCUT2D eigenvalue weighted by atomic mass is 10.0. The van der Waals surface area contributed by atoms with Gasteiger partial charge in [0.15, 0.2) is 0 Å². The fourth-order valence-corrected chi connectivity index (χ4v) is 2.34. The zero-order valence-corrected chi connectivity index (χ0v) is 12.9. The third kappa shape index (κ3) is 14.3. The molecule has 0 aromatic carbocycles. The summed E-state index contributed by atoms with van der Waals surface area (Å²) >= 11 is 0. The van der Waals surface area contributed by atoms with Crippen LogP contribution in [-0.4, -0.2) is 47.9 Å². The summed E-state index contributed by atoms with van der Waals surface area (Å²) in [5.41, 5.74) is 0. The molecule has 4 nitrogen and oxygen atoms in total. The largest absolute Gasteiger partial charge is 0.396 e. The molecule has 1 unspecified atom stereocenters. The van der Waals surface area contributed by atoms with E-state index in [1.165, 1.54) is 44.9 Å². The van der Waals surface area contributed by atoms with Crippen molar-refractivity contribution in [3.8, 4) is 0 Å². The Kier molecular flexibility index (Phi) is 16.8. The average molecular weight is 290 g/mol. The van der Waals surface area contributed by atoms with E-state index in [1.807, 2.05) is 0 Å². The topological polar surface area (TPSA) is 69.9 Å². The van der Waals surface area contributed by atoms with Gasteiger partial charge in [-0.05, 0) is 12.8 Å². The van der Waals surface area contributed by atoms with Crippen LogP contribution in [-0.2, 0) is 4.74 Å². The highest BCUT2D eigenvalue weighted by atomic mass is 16.5. The van der Waals surface area contributed by atoms with Gasteiger partial charge in [-0.15, -0.1) is 0 Å². The van der Waals surface area contributed by atoms with Crippen molar-refractivity contribution >= 4 is 0 Å². The van der Waals surface area contributed by atoms with Gasteiger partial charge in [-0.3, -0.25) is 0 Å². The lowest BCUT2D eigenvalue weighted by Gasteiger charge is -2.14. The Labute approximate surface area is 124 Å². The molecule has 0 aliphatic rings. The van der Waals surface area contributed by atoms with Crippen molar-refractivity contribution in [3.05, 3.63) is 0 Å². The minimum absolute atomic E-state index is 0.0226. The highest BCUT2D eigenvalue weighted by molar-refractivity contribution is 4.57. The third-order valence-corrected chi connectivity index (χ3v) is 3.58. The molecule has 0 aromatic rings. The second-order valence-corrected chi connectivity index (χ2v) is 5.45. The van der Waals surface area contributed by atoms with Crippen LogP contribution in [0.3, 0.4) is 0 Å². The molecule has 4 heteroatoms. The van der Waals surface area contributed by atoms with Crippen molar-refractivity contribution in [3.63, 3.8) is 0 Å². The van der Waals surface area contributed by atoms with Crippen molar-refractivity contribution in [1.82, 2.24) is 0 Å². The van der Waals surface area contributed by atoms with Crippen LogP contribution in [0.2, 0.25) is 0 Å². The second-order valence-electron chi connectivity index (χ2n) is 5.45. The van der Waals surface area contributed by atoms with Crippen molar-refractivity contribution in [2.24, 2.45) is 0 Å². The van der Waals surface area contributed by atoms with Crippen molar-refractivity contribution < 1.29 is 20.1 Å². The maximum absolute atomic E-state index is 9.09. The monoisotopic (exact) mass is 290 g/mol. The van der Waals surface area contributed by atoms with Crippen LogP contribution in [0.4, 0.5) is 0 Å². The van der Waals surface area contributed by atoms with Gasteiger partial charge >= 0.3 is 0 Å². The molecule has 0 bridgehead atoms. The Morgan fingerprint density at radius 2 is 1.10 bits per heavy atom. The van der Waals surface area contributed by atoms with E-state index in [0.717, 1.165) is 25.7 Å². The molecule has 0 saturated carbocycles. The SMILES string of the molecule is OCCCCCCCCCCCCC(CO)OCCO. The van der Waals surface area contributed by atoms with Gasteiger partial charge in [-0.1, -0.05) is 57.8 Å². The van der Waals surface area contributed by atoms with Crippen LogP contribution in [0, 0.1) is 0 Å². The van der Waals surface area contributed by atoms with Gasteiger partial charge in [-0.2, -0.15) is 0 Å². The molecule has 0 aliphatic carbocycles. The average Bonchev–Trinajstić information content (AvgIpc) is 2.48. The zero-order chi connectivity index (χ0) is 14.9. The molecule has 122 valence electrons. The first kappa shape index (κ1) is 19.8. The van der Waals surface area contributed by atoms with Gasteiger partial charge < -0.3 is 20.1 Å². The molecule has 0 aromatic heterocycles. The number of aliphatic hydroxyl groups excluding tert-OH is 3. The molecule has 0 radical (unpaired) electrons. The maximum Gasteiger partial charge on any atom is 0.0806 e. The highest BCUT2D eigenvalue weighted by Crippen LogP contribution is 2.12. The zero-order valence-electron chi connectivity index (χ0n) is 12.9. The predicted octanol–water partition coefficient (Wildman–Crippen LogP) is 2.64. The summed E-state index contributed by atoms with van der Waals surface area (Å²) in [6.07, 6.45) is 12.9. The molecule has 0 amide bonds. The molecule has 0 heterocycles. The quantitative estimate of drug-likeness (QED) is 0.382. The summed E-state index contributed by atoms with van der Waals surface area (Å²) in [6.45, 7) is 0.723. The smallest absolute Gasteiger partial charge is 0.0806 e. The number of aliphatic hydroxyl groups is 3. The van der Waals surface area contributed by atoms with Gasteiger partial charge in [0.1, 0.15) is 0 Å². The normalized spacial score (nSPS) is 12.8. The molecule has 0 spiro atoms. The lowest BCUT2D eigenvalue weighted by Crippen LogP contribution is -2.19. The third-order valence-electron chi connectivity index (χ3n) is 3.58. The van der Waals surface area contributed by atoms with E-state index in [2.05, 4.69) is 0 Å². The van der Waals surface area contributed by atoms with E-state index >= 15 is 0 Å². The fraction of sp³-hybridized carbons (Fsp3) is 1.00. The van der Waals surface area contributed by atoms with Crippen LogP contribution in [0.5, 0.6) is 0 Å². The first-order valence-electron chi connectivity index (χ1n) is 8.29. The minimum Gasteiger partial charge on any atom is -0.396 e. The van der Waals surface area contributed by atoms with E-state index in [4.69, 9.17) is 20.1 Å². The molecule has 0 aliphatic heterocycles. The van der Waals surface area contributed by atoms with Gasteiger partial charge in [0.2, 0.25) is 0 Å². The number of hydrogen-bond acceptors (Lipinski definition) is 4. The van der Waals surface area contributed by atoms with Crippen LogP contribution in [0.25, 0.3) is 0 Å². The molecule has 0 saturated heterocycles. The molecular formula is C16H34O4. The first-order valence-corrected chi connectivity index (χ1v) is 8.29. The molecule has 0 fully saturated rings. The van der Waals surface area contributed by atoms with Crippen LogP contribution in [0.15, 0.2) is 0 Å². The van der Waals surface area contributed by atoms with Gasteiger partial charge in [0.05, 0.1) is 25.9 Å². The number of ether oxygens (including phenoxy) is 1. The maximum atomic E-state index is 9.09. The molecule has 3 N–H and O–H groups in total. The summed E-state index contributed by atoms with van der Waals surface area (Å²) in [4.78, 5) is 0. The Hall–Kier alpha value is -0.160. The second kappa shape index (κ2) is 16.9. The first-order chi connectivity index (χ1) is 9.85. The summed E-state index contributed by atoms with van der Waals surface area (Å²) < 4.78 is 5.31. The molecule has 0 rings (SSSR count). The predicted molar refractivity (Wildman–Crippen MR) is 81.8 cm³/mol. The van der Waals surface area contributed by atoms with E-state index in [0.29, 0.717) is 13.2 Å². The van der Waals surface area contributed by atoms with E-state index < -0.39 is 0 Å². The lowest BCUT2D eigenvalue weighted by molar-refractivity contribution is -0.00870. The van der Waals surface area contributed by atoms with Gasteiger partial charge in [-0.25, -0.2) is 0 Å².